The van der Waals surface area contributed by atoms with Crippen molar-refractivity contribution in [2.24, 2.45) is 0 Å². The van der Waals surface area contributed by atoms with E-state index < -0.39 is 0 Å². The van der Waals surface area contributed by atoms with E-state index >= 15 is 0 Å². The van der Waals surface area contributed by atoms with Crippen LogP contribution in [0.1, 0.15) is 55.5 Å². The summed E-state index contributed by atoms with van der Waals surface area (Å²) in [7, 11) is 0. The van der Waals surface area contributed by atoms with Gasteiger partial charge in [-0.05, 0) is 86.6 Å². The van der Waals surface area contributed by atoms with Crippen LogP contribution in [0.5, 0.6) is 0 Å². The third-order valence-electron chi connectivity index (χ3n) is 11.5. The van der Waals surface area contributed by atoms with Crippen LogP contribution in [-0.2, 0) is 10.8 Å². The quantitative estimate of drug-likeness (QED) is 0.176. The average Bonchev–Trinajstić information content (AvgIpc) is 3.07. The maximum Gasteiger partial charge on any atom is 0.333 e. The van der Waals surface area contributed by atoms with E-state index in [1.165, 1.54) is 89.4 Å². The highest BCUT2D eigenvalue weighted by Crippen LogP contribution is 2.58. The number of hydrogen-bond acceptors (Lipinski definition) is 2. The summed E-state index contributed by atoms with van der Waals surface area (Å²) in [5.41, 5.74) is 21.2. The number of benzene rings is 6. The molecule has 4 heterocycles. The van der Waals surface area contributed by atoms with Crippen molar-refractivity contribution in [2.75, 3.05) is 9.71 Å². The first kappa shape index (κ1) is 26.2. The van der Waals surface area contributed by atoms with Gasteiger partial charge in [0, 0.05) is 39.1 Å². The number of hydrogen-bond donors (Lipinski definition) is 0. The molecule has 0 aliphatic carbocycles. The van der Waals surface area contributed by atoms with E-state index in [-0.39, 0.29) is 17.7 Å². The maximum atomic E-state index is 2.70. The fourth-order valence-corrected chi connectivity index (χ4v) is 9.33. The minimum absolute atomic E-state index is 0.0501. The Kier molecular flexibility index (Phi) is 4.91. The van der Waals surface area contributed by atoms with Gasteiger partial charge in [0.1, 0.15) is 0 Å². The molecule has 6 aromatic carbocycles. The molecular formula is C43H35BN2. The lowest BCUT2D eigenvalue weighted by Crippen LogP contribution is -2.63. The van der Waals surface area contributed by atoms with Crippen molar-refractivity contribution in [1.29, 1.82) is 0 Å². The van der Waals surface area contributed by atoms with Crippen LogP contribution >= 0.6 is 0 Å². The van der Waals surface area contributed by atoms with Gasteiger partial charge in [-0.3, -0.25) is 0 Å². The van der Waals surface area contributed by atoms with Gasteiger partial charge < -0.3 is 9.71 Å². The van der Waals surface area contributed by atoms with Gasteiger partial charge in [0.25, 0.3) is 0 Å². The Bertz CT molecular complexity index is 2310. The molecule has 3 heteroatoms. The van der Waals surface area contributed by atoms with Crippen molar-refractivity contribution >= 4 is 46.2 Å². The first-order valence-corrected chi connectivity index (χ1v) is 16.6. The van der Waals surface area contributed by atoms with Gasteiger partial charge in [-0.15, -0.1) is 0 Å². The third kappa shape index (κ3) is 3.04. The van der Waals surface area contributed by atoms with Crippen LogP contribution in [0.3, 0.4) is 0 Å². The van der Waals surface area contributed by atoms with Crippen LogP contribution in [0.4, 0.5) is 28.4 Å². The Balaban J connectivity index is 1.40. The summed E-state index contributed by atoms with van der Waals surface area (Å²) < 4.78 is 0. The molecule has 0 N–H and O–H groups in total. The Morgan fingerprint density at radius 2 is 1.09 bits per heavy atom. The predicted octanol–water partition coefficient (Wildman–Crippen LogP) is 9.65. The number of anilines is 5. The highest BCUT2D eigenvalue weighted by atomic mass is 15.2. The molecular weight excluding hydrogens is 555 g/mol. The van der Waals surface area contributed by atoms with E-state index in [0.717, 1.165) is 0 Å². The maximum absolute atomic E-state index is 2.70. The summed E-state index contributed by atoms with van der Waals surface area (Å²) in [6.45, 7) is 11.9. The topological polar surface area (TPSA) is 6.48 Å². The Morgan fingerprint density at radius 3 is 1.85 bits per heavy atom. The second-order valence-electron chi connectivity index (χ2n) is 14.6. The van der Waals surface area contributed by atoms with Crippen LogP contribution in [-0.4, -0.2) is 6.85 Å². The molecule has 220 valence electrons. The van der Waals surface area contributed by atoms with Crippen LogP contribution in [0.2, 0.25) is 0 Å². The molecule has 4 aliphatic heterocycles. The minimum atomic E-state index is -0.133. The first-order valence-electron chi connectivity index (χ1n) is 16.6. The van der Waals surface area contributed by atoms with Gasteiger partial charge in [0.05, 0.1) is 5.69 Å². The number of rotatable bonds is 1. The average molecular weight is 591 g/mol. The fraction of sp³-hybridized carbons (Fsp3) is 0.163. The molecule has 0 bridgehead atoms. The van der Waals surface area contributed by atoms with Gasteiger partial charge in [-0.2, -0.15) is 0 Å². The highest BCUT2D eigenvalue weighted by molar-refractivity contribution is 6.93. The third-order valence-corrected chi connectivity index (χ3v) is 11.5. The number of fused-ring (bicyclic) bond motifs is 8. The summed E-state index contributed by atoms with van der Waals surface area (Å²) >= 11 is 0. The summed E-state index contributed by atoms with van der Waals surface area (Å²) in [5.74, 6) is 0. The molecule has 0 atom stereocenters. The van der Waals surface area contributed by atoms with Crippen molar-refractivity contribution < 1.29 is 0 Å². The van der Waals surface area contributed by atoms with Crippen LogP contribution < -0.4 is 20.6 Å². The van der Waals surface area contributed by atoms with Crippen molar-refractivity contribution in [1.82, 2.24) is 0 Å². The zero-order chi connectivity index (χ0) is 31.1. The van der Waals surface area contributed by atoms with Crippen LogP contribution in [0, 0.1) is 6.92 Å². The van der Waals surface area contributed by atoms with E-state index in [9.17, 15) is 0 Å². The standard InChI is InChI=1S/C43H35BN2/c1-26-14-6-7-15-28(26)27-24-30-29-16-12-19-33-40(29)46(37-23-11-9-18-32(37)43(33,4)5)44-35-21-13-20-34-41(35)45(38(25-27)39(30)44)36-22-10-8-17-31(36)42(34,2)3/h6-25H,1-5H3. The Morgan fingerprint density at radius 1 is 0.500 bits per heavy atom. The lowest BCUT2D eigenvalue weighted by atomic mass is 9.41. The Hall–Kier alpha value is -5.02. The molecule has 0 saturated carbocycles. The number of aryl methyl sites for hydroxylation is 1. The second-order valence-corrected chi connectivity index (χ2v) is 14.6. The first-order chi connectivity index (χ1) is 22.3. The van der Waals surface area contributed by atoms with Gasteiger partial charge in [-0.1, -0.05) is 125 Å². The Labute approximate surface area is 272 Å². The molecule has 0 saturated heterocycles. The van der Waals surface area contributed by atoms with Crippen molar-refractivity contribution in [3.05, 3.63) is 149 Å². The normalized spacial score (nSPS) is 16.6. The van der Waals surface area contributed by atoms with Crippen LogP contribution in [0.25, 0.3) is 22.3 Å². The van der Waals surface area contributed by atoms with E-state index in [1.54, 1.807) is 0 Å². The molecule has 0 amide bonds. The number of nitrogens with zero attached hydrogens (tertiary/aromatic N) is 2. The van der Waals surface area contributed by atoms with Crippen molar-refractivity contribution in [2.45, 2.75) is 45.4 Å². The van der Waals surface area contributed by atoms with Crippen molar-refractivity contribution in [3.8, 4) is 22.3 Å². The van der Waals surface area contributed by atoms with E-state index in [0.29, 0.717) is 0 Å². The summed E-state index contributed by atoms with van der Waals surface area (Å²) in [6, 6.07) is 46.1. The lowest BCUT2D eigenvalue weighted by molar-refractivity contribution is 0.632. The van der Waals surface area contributed by atoms with E-state index in [2.05, 4.69) is 166 Å². The van der Waals surface area contributed by atoms with E-state index in [4.69, 9.17) is 0 Å². The molecule has 4 aliphatic rings. The van der Waals surface area contributed by atoms with Gasteiger partial charge in [-0.25, -0.2) is 0 Å². The molecule has 0 radical (unpaired) electrons. The lowest BCUT2D eigenvalue weighted by Gasteiger charge is -2.53. The summed E-state index contributed by atoms with van der Waals surface area (Å²) in [6.07, 6.45) is 0. The SMILES string of the molecule is Cc1ccccc1-c1cc2c3c(c1)N1c4ccccc4C(C)(C)c4cccc(c41)B3N1c3ccccc3C(C)(C)c3cccc-2c31. The second kappa shape index (κ2) is 8.62. The summed E-state index contributed by atoms with van der Waals surface area (Å²) in [5, 5.41) is 0. The zero-order valence-corrected chi connectivity index (χ0v) is 27.0. The van der Waals surface area contributed by atoms with Gasteiger partial charge in [0.15, 0.2) is 0 Å². The summed E-state index contributed by atoms with van der Waals surface area (Å²) in [4.78, 5) is 5.31. The number of para-hydroxylation sites is 4. The molecule has 0 unspecified atom stereocenters. The van der Waals surface area contributed by atoms with Gasteiger partial charge >= 0.3 is 6.85 Å². The largest absolute Gasteiger partial charge is 0.376 e. The molecule has 0 aromatic heterocycles. The molecule has 46 heavy (non-hydrogen) atoms. The van der Waals surface area contributed by atoms with Gasteiger partial charge in [0.2, 0.25) is 0 Å². The molecule has 0 spiro atoms. The highest BCUT2D eigenvalue weighted by Gasteiger charge is 2.52. The molecule has 6 aromatic rings. The van der Waals surface area contributed by atoms with Crippen molar-refractivity contribution in [3.63, 3.8) is 0 Å². The monoisotopic (exact) mass is 590 g/mol. The smallest absolute Gasteiger partial charge is 0.333 e. The molecule has 2 nitrogen and oxygen atoms in total. The zero-order valence-electron chi connectivity index (χ0n) is 27.0. The van der Waals surface area contributed by atoms with E-state index in [1.807, 2.05) is 0 Å². The fourth-order valence-electron chi connectivity index (χ4n) is 9.33. The predicted molar refractivity (Wildman–Crippen MR) is 195 cm³/mol. The molecule has 0 fully saturated rings. The van der Waals surface area contributed by atoms with Crippen LogP contribution in [0.15, 0.2) is 121 Å². The molecule has 10 rings (SSSR count). The minimum Gasteiger partial charge on any atom is -0.376 e.